The van der Waals surface area contributed by atoms with Crippen LogP contribution >= 0.6 is 0 Å². The maximum Gasteiger partial charge on any atom is 0.239 e. The number of rotatable bonds is 5. The van der Waals surface area contributed by atoms with E-state index in [1.807, 2.05) is 12.1 Å². The summed E-state index contributed by atoms with van der Waals surface area (Å²) in [6.07, 6.45) is 3.69. The first-order valence-electron chi connectivity index (χ1n) is 7.05. The minimum absolute atomic E-state index is 0.470. The van der Waals surface area contributed by atoms with Crippen LogP contribution in [0.25, 0.3) is 0 Å². The smallest absolute Gasteiger partial charge is 0.239 e. The number of nitrogen functional groups attached to an aromatic ring is 1. The predicted octanol–water partition coefficient (Wildman–Crippen LogP) is 1.57. The van der Waals surface area contributed by atoms with E-state index in [1.165, 1.54) is 12.8 Å². The molecule has 104 valence electrons. The monoisotopic (exact) mass is 262 g/mol. The fourth-order valence-corrected chi connectivity index (χ4v) is 2.39. The average molecular weight is 262 g/mol. The number of hydrogen-bond acceptors (Lipinski definition) is 5. The van der Waals surface area contributed by atoms with Crippen molar-refractivity contribution in [2.45, 2.75) is 25.3 Å². The zero-order chi connectivity index (χ0) is 13.2. The fraction of sp³-hybridized carbons (Fsp3) is 0.643. The van der Waals surface area contributed by atoms with Crippen LogP contribution in [0.4, 0.5) is 11.5 Å². The highest BCUT2D eigenvalue weighted by Crippen LogP contribution is 2.30. The molecule has 0 radical (unpaired) electrons. The summed E-state index contributed by atoms with van der Waals surface area (Å²) >= 11 is 0. The lowest BCUT2D eigenvalue weighted by molar-refractivity contribution is 0.290. The Morgan fingerprint density at radius 3 is 2.95 bits per heavy atom. The molecule has 3 rings (SSSR count). The first-order valence-corrected chi connectivity index (χ1v) is 7.05. The van der Waals surface area contributed by atoms with Crippen LogP contribution in [0.5, 0.6) is 5.88 Å². The summed E-state index contributed by atoms with van der Waals surface area (Å²) in [6, 6.07) is 4.27. The lowest BCUT2D eigenvalue weighted by atomic mass is 10.2. The third-order valence-electron chi connectivity index (χ3n) is 3.79. The van der Waals surface area contributed by atoms with Crippen molar-refractivity contribution < 1.29 is 4.74 Å². The third kappa shape index (κ3) is 3.29. The maximum atomic E-state index is 5.90. The fourth-order valence-electron chi connectivity index (χ4n) is 2.39. The molecule has 5 nitrogen and oxygen atoms in total. The van der Waals surface area contributed by atoms with E-state index < -0.39 is 0 Å². The number of nitrogens with two attached hydrogens (primary N) is 1. The van der Waals surface area contributed by atoms with Gasteiger partial charge in [-0.2, -0.15) is 4.98 Å². The summed E-state index contributed by atoms with van der Waals surface area (Å²) in [7, 11) is 2.14. The standard InChI is InChI=1S/C14H22N4O/c1-18-7-6-11(8-18)16-13-5-4-12(15)14(17-13)19-9-10-2-3-10/h4-5,10-11H,2-3,6-9,15H2,1H3,(H,16,17). The van der Waals surface area contributed by atoms with E-state index >= 15 is 0 Å². The summed E-state index contributed by atoms with van der Waals surface area (Å²) in [5, 5.41) is 3.45. The van der Waals surface area contributed by atoms with Gasteiger partial charge in [-0.1, -0.05) is 0 Å². The Bertz CT molecular complexity index is 447. The lowest BCUT2D eigenvalue weighted by Gasteiger charge is -2.15. The minimum Gasteiger partial charge on any atom is -0.476 e. The highest BCUT2D eigenvalue weighted by atomic mass is 16.5. The van der Waals surface area contributed by atoms with Crippen molar-refractivity contribution in [3.05, 3.63) is 12.1 Å². The molecule has 2 aliphatic rings. The number of likely N-dealkylation sites (tertiary alicyclic amines) is 1. The number of aromatic nitrogens is 1. The van der Waals surface area contributed by atoms with E-state index in [4.69, 9.17) is 10.5 Å². The summed E-state index contributed by atoms with van der Waals surface area (Å²) in [5.74, 6) is 2.14. The molecule has 19 heavy (non-hydrogen) atoms. The molecule has 2 fully saturated rings. The van der Waals surface area contributed by atoms with Crippen LogP contribution in [0.3, 0.4) is 0 Å². The minimum atomic E-state index is 0.470. The van der Waals surface area contributed by atoms with Crippen molar-refractivity contribution in [3.63, 3.8) is 0 Å². The van der Waals surface area contributed by atoms with Gasteiger partial charge in [-0.05, 0) is 50.9 Å². The molecule has 1 saturated heterocycles. The first kappa shape index (κ1) is 12.5. The molecule has 1 atom stereocenters. The molecular weight excluding hydrogens is 240 g/mol. The maximum absolute atomic E-state index is 5.90. The van der Waals surface area contributed by atoms with Gasteiger partial charge in [0.05, 0.1) is 12.3 Å². The Labute approximate surface area is 114 Å². The Hall–Kier alpha value is -1.49. The van der Waals surface area contributed by atoms with Gasteiger partial charge in [0, 0.05) is 12.6 Å². The van der Waals surface area contributed by atoms with E-state index in [2.05, 4.69) is 22.2 Å². The SMILES string of the molecule is CN1CCC(Nc2ccc(N)c(OCC3CC3)n2)C1. The summed E-state index contributed by atoms with van der Waals surface area (Å²) in [4.78, 5) is 6.80. The van der Waals surface area contributed by atoms with E-state index in [0.29, 0.717) is 23.5 Å². The predicted molar refractivity (Wildman–Crippen MR) is 76.4 cm³/mol. The summed E-state index contributed by atoms with van der Waals surface area (Å²) < 4.78 is 5.70. The Morgan fingerprint density at radius 1 is 1.42 bits per heavy atom. The van der Waals surface area contributed by atoms with Crippen LogP contribution in [-0.4, -0.2) is 42.7 Å². The molecule has 5 heteroatoms. The van der Waals surface area contributed by atoms with Gasteiger partial charge in [0.15, 0.2) is 0 Å². The average Bonchev–Trinajstić information content (AvgIpc) is 3.13. The summed E-state index contributed by atoms with van der Waals surface area (Å²) in [5.41, 5.74) is 6.52. The normalized spacial score (nSPS) is 23.5. The van der Waals surface area contributed by atoms with Crippen molar-refractivity contribution in [1.29, 1.82) is 0 Å². The largest absolute Gasteiger partial charge is 0.476 e. The van der Waals surface area contributed by atoms with E-state index in [-0.39, 0.29) is 0 Å². The van der Waals surface area contributed by atoms with Crippen LogP contribution in [0, 0.1) is 5.92 Å². The molecule has 2 heterocycles. The van der Waals surface area contributed by atoms with Gasteiger partial charge in [0.1, 0.15) is 5.82 Å². The van der Waals surface area contributed by atoms with Gasteiger partial charge in [0.25, 0.3) is 0 Å². The van der Waals surface area contributed by atoms with Gasteiger partial charge in [0.2, 0.25) is 5.88 Å². The molecule has 0 aromatic carbocycles. The van der Waals surface area contributed by atoms with E-state index in [1.54, 1.807) is 0 Å². The topological polar surface area (TPSA) is 63.4 Å². The molecule has 1 saturated carbocycles. The molecule has 0 amide bonds. The molecule has 1 aliphatic carbocycles. The van der Waals surface area contributed by atoms with Gasteiger partial charge in [-0.3, -0.25) is 0 Å². The number of likely N-dealkylation sites (N-methyl/N-ethyl adjacent to an activating group) is 1. The second-order valence-corrected chi connectivity index (χ2v) is 5.74. The van der Waals surface area contributed by atoms with Crippen molar-refractivity contribution in [1.82, 2.24) is 9.88 Å². The number of nitrogens with zero attached hydrogens (tertiary/aromatic N) is 2. The van der Waals surface area contributed by atoms with E-state index in [9.17, 15) is 0 Å². The summed E-state index contributed by atoms with van der Waals surface area (Å²) in [6.45, 7) is 2.94. The zero-order valence-electron chi connectivity index (χ0n) is 11.4. The number of nitrogens with one attached hydrogen (secondary N) is 1. The third-order valence-corrected chi connectivity index (χ3v) is 3.79. The van der Waals surface area contributed by atoms with Crippen LogP contribution in [0.2, 0.25) is 0 Å². The van der Waals surface area contributed by atoms with Gasteiger partial charge >= 0.3 is 0 Å². The quantitative estimate of drug-likeness (QED) is 0.843. The van der Waals surface area contributed by atoms with Crippen LogP contribution in [-0.2, 0) is 0 Å². The Morgan fingerprint density at radius 2 is 2.26 bits per heavy atom. The van der Waals surface area contributed by atoms with Crippen molar-refractivity contribution in [3.8, 4) is 5.88 Å². The zero-order valence-corrected chi connectivity index (χ0v) is 11.4. The second kappa shape index (κ2) is 5.25. The van der Waals surface area contributed by atoms with Gasteiger partial charge < -0.3 is 20.7 Å². The van der Waals surface area contributed by atoms with Gasteiger partial charge in [-0.15, -0.1) is 0 Å². The van der Waals surface area contributed by atoms with Crippen LogP contribution < -0.4 is 15.8 Å². The number of pyridine rings is 1. The number of hydrogen-bond donors (Lipinski definition) is 2. The molecule has 0 spiro atoms. The highest BCUT2D eigenvalue weighted by Gasteiger charge is 2.23. The number of ether oxygens (including phenoxy) is 1. The van der Waals surface area contributed by atoms with Crippen molar-refractivity contribution >= 4 is 11.5 Å². The molecule has 1 aliphatic heterocycles. The molecule has 0 bridgehead atoms. The Balaban J connectivity index is 1.62. The number of anilines is 2. The molecule has 1 unspecified atom stereocenters. The second-order valence-electron chi connectivity index (χ2n) is 5.74. The van der Waals surface area contributed by atoms with Crippen molar-refractivity contribution in [2.75, 3.05) is 37.8 Å². The van der Waals surface area contributed by atoms with E-state index in [0.717, 1.165) is 31.9 Å². The molecular formula is C14H22N4O. The van der Waals surface area contributed by atoms with Crippen LogP contribution in [0.1, 0.15) is 19.3 Å². The highest BCUT2D eigenvalue weighted by molar-refractivity contribution is 5.54. The Kier molecular flexibility index (Phi) is 3.46. The molecule has 1 aromatic heterocycles. The first-order chi connectivity index (χ1) is 9.20. The lowest BCUT2D eigenvalue weighted by Crippen LogP contribution is -2.24. The van der Waals surface area contributed by atoms with Gasteiger partial charge in [-0.25, -0.2) is 0 Å². The van der Waals surface area contributed by atoms with Crippen LogP contribution in [0.15, 0.2) is 12.1 Å². The molecule has 1 aromatic rings. The van der Waals surface area contributed by atoms with Crippen molar-refractivity contribution in [2.24, 2.45) is 5.92 Å². The molecule has 3 N–H and O–H groups in total.